The molecule has 1 aromatic carbocycles. The first-order valence-corrected chi connectivity index (χ1v) is 7.00. The van der Waals surface area contributed by atoms with Crippen LogP contribution in [0.5, 0.6) is 0 Å². The first-order chi connectivity index (χ1) is 9.90. The summed E-state index contributed by atoms with van der Waals surface area (Å²) in [5.41, 5.74) is 1.18. The second-order valence-electron chi connectivity index (χ2n) is 4.59. The van der Waals surface area contributed by atoms with E-state index in [-0.39, 0.29) is 0 Å². The highest BCUT2D eigenvalue weighted by atomic mass is 79.9. The van der Waals surface area contributed by atoms with Crippen LogP contribution in [0.15, 0.2) is 34.9 Å². The van der Waals surface area contributed by atoms with Crippen molar-refractivity contribution in [2.75, 3.05) is 12.4 Å². The van der Waals surface area contributed by atoms with Gasteiger partial charge in [-0.1, -0.05) is 12.1 Å². The Labute approximate surface area is 129 Å². The highest BCUT2D eigenvalue weighted by Gasteiger charge is 2.22. The van der Waals surface area contributed by atoms with Gasteiger partial charge >= 0.3 is 12.0 Å². The fourth-order valence-corrected chi connectivity index (χ4v) is 2.13. The monoisotopic (exact) mass is 351 g/mol. The number of likely N-dealkylation sites (N-methyl/N-ethyl adjacent to an activating group) is 1. The molecule has 0 aliphatic carbocycles. The van der Waals surface area contributed by atoms with Gasteiger partial charge in [-0.25, -0.2) is 9.59 Å². The van der Waals surface area contributed by atoms with Crippen molar-refractivity contribution in [3.05, 3.63) is 34.9 Å². The number of hydrogen-bond donors (Lipinski definition) is 2. The number of benzene rings is 1. The zero-order chi connectivity index (χ0) is 15.6. The molecule has 110 valence electrons. The molecule has 2 rings (SSSR count). The van der Waals surface area contributed by atoms with Gasteiger partial charge in [0, 0.05) is 23.1 Å². The Balaban J connectivity index is 2.28. The SMILES string of the molecule is CC(C(=O)O)N(C)C(=O)Nc1cccc2cc(Br)cnc12. The minimum atomic E-state index is -1.06. The van der Waals surface area contributed by atoms with Crippen molar-refractivity contribution in [1.29, 1.82) is 0 Å². The van der Waals surface area contributed by atoms with Gasteiger partial charge in [-0.2, -0.15) is 0 Å². The van der Waals surface area contributed by atoms with E-state index in [1.807, 2.05) is 12.1 Å². The molecule has 1 aromatic heterocycles. The molecule has 2 N–H and O–H groups in total. The maximum atomic E-state index is 12.1. The summed E-state index contributed by atoms with van der Waals surface area (Å²) in [6.07, 6.45) is 1.64. The highest BCUT2D eigenvalue weighted by molar-refractivity contribution is 9.10. The number of urea groups is 1. The van der Waals surface area contributed by atoms with E-state index in [1.165, 1.54) is 14.0 Å². The van der Waals surface area contributed by atoms with Gasteiger partial charge in [0.15, 0.2) is 0 Å². The smallest absolute Gasteiger partial charge is 0.326 e. The third-order valence-corrected chi connectivity index (χ3v) is 3.61. The fraction of sp³-hybridized carbons (Fsp3) is 0.214. The number of nitrogens with one attached hydrogen (secondary N) is 1. The number of carbonyl (C=O) groups is 2. The van der Waals surface area contributed by atoms with Crippen LogP contribution in [0.25, 0.3) is 10.9 Å². The van der Waals surface area contributed by atoms with Gasteiger partial charge in [-0.05, 0) is 35.0 Å². The molecule has 2 amide bonds. The average Bonchev–Trinajstić information content (AvgIpc) is 2.45. The van der Waals surface area contributed by atoms with Crippen LogP contribution in [0.4, 0.5) is 10.5 Å². The molecule has 1 unspecified atom stereocenters. The summed E-state index contributed by atoms with van der Waals surface area (Å²) in [5, 5.41) is 12.5. The van der Waals surface area contributed by atoms with Crippen LogP contribution in [-0.4, -0.2) is 40.1 Å². The van der Waals surface area contributed by atoms with E-state index in [4.69, 9.17) is 5.11 Å². The molecule has 2 aromatic rings. The molecule has 0 fully saturated rings. The molecule has 1 heterocycles. The summed E-state index contributed by atoms with van der Waals surface area (Å²) >= 11 is 3.34. The second kappa shape index (κ2) is 6.09. The Hall–Kier alpha value is -2.15. The highest BCUT2D eigenvalue weighted by Crippen LogP contribution is 2.24. The number of anilines is 1. The maximum absolute atomic E-state index is 12.1. The fourth-order valence-electron chi connectivity index (χ4n) is 1.78. The van der Waals surface area contributed by atoms with E-state index in [1.54, 1.807) is 18.3 Å². The number of carboxylic acids is 1. The number of nitrogens with zero attached hydrogens (tertiary/aromatic N) is 2. The van der Waals surface area contributed by atoms with Crippen molar-refractivity contribution in [3.8, 4) is 0 Å². The average molecular weight is 352 g/mol. The van der Waals surface area contributed by atoms with Gasteiger partial charge in [0.1, 0.15) is 6.04 Å². The van der Waals surface area contributed by atoms with Crippen molar-refractivity contribution in [1.82, 2.24) is 9.88 Å². The summed E-state index contributed by atoms with van der Waals surface area (Å²) in [6, 6.07) is 5.88. The Kier molecular flexibility index (Phi) is 4.42. The van der Waals surface area contributed by atoms with Gasteiger partial charge in [-0.15, -0.1) is 0 Å². The number of carboxylic acid groups (broad SMARTS) is 1. The minimum Gasteiger partial charge on any atom is -0.480 e. The number of aromatic nitrogens is 1. The van der Waals surface area contributed by atoms with Gasteiger partial charge in [0.2, 0.25) is 0 Å². The molecule has 7 heteroatoms. The lowest BCUT2D eigenvalue weighted by Gasteiger charge is -2.22. The second-order valence-corrected chi connectivity index (χ2v) is 5.50. The first-order valence-electron chi connectivity index (χ1n) is 6.21. The third kappa shape index (κ3) is 3.30. The van der Waals surface area contributed by atoms with Crippen LogP contribution in [0.3, 0.4) is 0 Å². The van der Waals surface area contributed by atoms with E-state index in [0.29, 0.717) is 11.2 Å². The molecule has 1 atom stereocenters. The Morgan fingerprint density at radius 3 is 2.81 bits per heavy atom. The predicted molar refractivity (Wildman–Crippen MR) is 83.3 cm³/mol. The van der Waals surface area contributed by atoms with Crippen molar-refractivity contribution in [2.45, 2.75) is 13.0 Å². The number of halogens is 1. The summed E-state index contributed by atoms with van der Waals surface area (Å²) in [4.78, 5) is 28.4. The summed E-state index contributed by atoms with van der Waals surface area (Å²) in [7, 11) is 1.43. The quantitative estimate of drug-likeness (QED) is 0.890. The van der Waals surface area contributed by atoms with Gasteiger partial charge < -0.3 is 15.3 Å². The van der Waals surface area contributed by atoms with E-state index in [9.17, 15) is 9.59 Å². The summed E-state index contributed by atoms with van der Waals surface area (Å²) in [6.45, 7) is 1.44. The molecule has 0 bridgehead atoms. The van der Waals surface area contributed by atoms with Crippen molar-refractivity contribution >= 4 is 44.5 Å². The molecule has 0 spiro atoms. The maximum Gasteiger partial charge on any atom is 0.326 e. The third-order valence-electron chi connectivity index (χ3n) is 3.18. The Morgan fingerprint density at radius 2 is 2.14 bits per heavy atom. The van der Waals surface area contributed by atoms with Crippen LogP contribution in [0.2, 0.25) is 0 Å². The molecular formula is C14H14BrN3O3. The normalized spacial score (nSPS) is 12.0. The van der Waals surface area contributed by atoms with Crippen LogP contribution < -0.4 is 5.32 Å². The number of carbonyl (C=O) groups excluding carboxylic acids is 1. The van der Waals surface area contributed by atoms with E-state index in [2.05, 4.69) is 26.2 Å². The van der Waals surface area contributed by atoms with Gasteiger partial charge in [-0.3, -0.25) is 4.98 Å². The zero-order valence-electron chi connectivity index (χ0n) is 11.5. The van der Waals surface area contributed by atoms with Crippen molar-refractivity contribution in [3.63, 3.8) is 0 Å². The molecule has 0 saturated carbocycles. The molecular weight excluding hydrogens is 338 g/mol. The molecule has 6 nitrogen and oxygen atoms in total. The molecule has 0 radical (unpaired) electrons. The lowest BCUT2D eigenvalue weighted by molar-refractivity contribution is -0.141. The van der Waals surface area contributed by atoms with Gasteiger partial charge in [0.05, 0.1) is 11.2 Å². The summed E-state index contributed by atoms with van der Waals surface area (Å²) in [5.74, 6) is -1.06. The van der Waals surface area contributed by atoms with Crippen LogP contribution in [0, 0.1) is 0 Å². The Morgan fingerprint density at radius 1 is 1.43 bits per heavy atom. The lowest BCUT2D eigenvalue weighted by Crippen LogP contribution is -2.42. The van der Waals surface area contributed by atoms with Crippen LogP contribution >= 0.6 is 15.9 Å². The van der Waals surface area contributed by atoms with E-state index >= 15 is 0 Å². The minimum absolute atomic E-state index is 0.498. The number of rotatable bonds is 3. The van der Waals surface area contributed by atoms with Crippen LogP contribution in [-0.2, 0) is 4.79 Å². The lowest BCUT2D eigenvalue weighted by atomic mass is 10.2. The molecule has 21 heavy (non-hydrogen) atoms. The molecule has 0 aliphatic heterocycles. The zero-order valence-corrected chi connectivity index (χ0v) is 13.1. The number of amides is 2. The first kappa shape index (κ1) is 15.2. The molecule has 0 aliphatic rings. The Bertz CT molecular complexity index is 705. The number of fused-ring (bicyclic) bond motifs is 1. The number of para-hydroxylation sites is 1. The number of aliphatic carboxylic acids is 1. The standard InChI is InChI=1S/C14H14BrN3O3/c1-8(13(19)20)18(2)14(21)17-11-5-3-4-9-6-10(15)7-16-12(9)11/h3-8H,1-2H3,(H,17,21)(H,19,20). The molecule has 0 saturated heterocycles. The van der Waals surface area contributed by atoms with Crippen molar-refractivity contribution < 1.29 is 14.7 Å². The van der Waals surface area contributed by atoms with Gasteiger partial charge in [0.25, 0.3) is 0 Å². The van der Waals surface area contributed by atoms with Crippen molar-refractivity contribution in [2.24, 2.45) is 0 Å². The van der Waals surface area contributed by atoms with E-state index < -0.39 is 18.0 Å². The van der Waals surface area contributed by atoms with E-state index in [0.717, 1.165) is 14.8 Å². The summed E-state index contributed by atoms with van der Waals surface area (Å²) < 4.78 is 0.843. The number of pyridine rings is 1. The number of hydrogen-bond acceptors (Lipinski definition) is 3. The van der Waals surface area contributed by atoms with Crippen LogP contribution in [0.1, 0.15) is 6.92 Å². The largest absolute Gasteiger partial charge is 0.480 e. The topological polar surface area (TPSA) is 82.5 Å². The predicted octanol–water partition coefficient (Wildman–Crippen LogP) is 2.93.